The first-order valence-electron chi connectivity index (χ1n) is 9.51. The second-order valence-corrected chi connectivity index (χ2v) is 6.81. The van der Waals surface area contributed by atoms with Crippen LogP contribution in [0.2, 0.25) is 0 Å². The van der Waals surface area contributed by atoms with Crippen molar-refractivity contribution in [2.45, 2.75) is 38.5 Å². The molecule has 1 aromatic heterocycles. The van der Waals surface area contributed by atoms with E-state index in [1.165, 1.54) is 23.4 Å². The van der Waals surface area contributed by atoms with Crippen molar-refractivity contribution in [2.24, 2.45) is 5.73 Å². The maximum absolute atomic E-state index is 12.9. The second kappa shape index (κ2) is 11.1. The number of piperidine rings is 1. The lowest BCUT2D eigenvalue weighted by Gasteiger charge is -2.39. The number of pyridine rings is 1. The van der Waals surface area contributed by atoms with Gasteiger partial charge in [-0.2, -0.15) is 8.78 Å². The predicted molar refractivity (Wildman–Crippen MR) is 110 cm³/mol. The van der Waals surface area contributed by atoms with Crippen LogP contribution in [0, 0.1) is 0 Å². The number of carbonyl (C=O) groups is 3. The van der Waals surface area contributed by atoms with Crippen molar-refractivity contribution in [1.29, 1.82) is 0 Å². The predicted octanol–water partition coefficient (Wildman–Crippen LogP) is 2.41. The van der Waals surface area contributed by atoms with Crippen molar-refractivity contribution in [3.63, 3.8) is 0 Å². The van der Waals surface area contributed by atoms with Crippen molar-refractivity contribution in [3.8, 4) is 0 Å². The molecule has 1 aromatic rings. The van der Waals surface area contributed by atoms with Gasteiger partial charge in [-0.1, -0.05) is 30.9 Å². The molecule has 1 fully saturated rings. The minimum atomic E-state index is -2.99. The zero-order valence-electron chi connectivity index (χ0n) is 17.0. The topological polar surface area (TPSA) is 115 Å². The number of nitrogens with one attached hydrogen (secondary N) is 1. The maximum Gasteiger partial charge on any atom is 0.345 e. The van der Waals surface area contributed by atoms with Crippen molar-refractivity contribution in [3.05, 3.63) is 60.5 Å². The van der Waals surface area contributed by atoms with E-state index in [9.17, 15) is 23.2 Å². The fourth-order valence-corrected chi connectivity index (χ4v) is 3.16. The van der Waals surface area contributed by atoms with Crippen LogP contribution in [-0.2, 0) is 14.3 Å². The van der Waals surface area contributed by atoms with Crippen LogP contribution in [0.4, 0.5) is 14.5 Å². The molecule has 0 spiro atoms. The normalized spacial score (nSPS) is 19.2. The van der Waals surface area contributed by atoms with Crippen molar-refractivity contribution >= 4 is 23.4 Å². The second-order valence-electron chi connectivity index (χ2n) is 6.81. The van der Waals surface area contributed by atoms with Gasteiger partial charge in [0.25, 0.3) is 0 Å². The quantitative estimate of drug-likeness (QED) is 0.505. The van der Waals surface area contributed by atoms with Gasteiger partial charge in [-0.15, -0.1) is 0 Å². The number of nitrogens with two attached hydrogens (primary N) is 1. The summed E-state index contributed by atoms with van der Waals surface area (Å²) in [6.07, 6.45) is 9.12. The van der Waals surface area contributed by atoms with E-state index in [4.69, 9.17) is 5.73 Å². The molecule has 0 bridgehead atoms. The molecule has 0 radical (unpaired) electrons. The molecule has 0 unspecified atom stereocenters. The molecule has 1 aliphatic heterocycles. The first-order chi connectivity index (χ1) is 14.7. The zero-order chi connectivity index (χ0) is 23.0. The Morgan fingerprint density at radius 2 is 2.06 bits per heavy atom. The van der Waals surface area contributed by atoms with E-state index < -0.39 is 36.5 Å². The van der Waals surface area contributed by atoms with Gasteiger partial charge in [0.1, 0.15) is 0 Å². The van der Waals surface area contributed by atoms with E-state index in [0.717, 1.165) is 0 Å². The number of halogens is 2. The van der Waals surface area contributed by atoms with Gasteiger partial charge in [0.15, 0.2) is 0 Å². The van der Waals surface area contributed by atoms with Gasteiger partial charge in [-0.3, -0.25) is 19.4 Å². The zero-order valence-corrected chi connectivity index (χ0v) is 17.0. The van der Waals surface area contributed by atoms with Crippen molar-refractivity contribution in [1.82, 2.24) is 9.88 Å². The van der Waals surface area contributed by atoms with E-state index in [0.29, 0.717) is 12.0 Å². The number of primary amides is 1. The molecular weight excluding hydrogens is 410 g/mol. The lowest BCUT2D eigenvalue weighted by atomic mass is 9.94. The minimum Gasteiger partial charge on any atom is -0.366 e. The number of alkyl halides is 2. The van der Waals surface area contributed by atoms with Crippen LogP contribution in [0.1, 0.15) is 30.1 Å². The summed E-state index contributed by atoms with van der Waals surface area (Å²) in [6.45, 7) is 2.59. The SMILES string of the molecule is C=C(/C=C\C=C/C)[C@@H]1CC[C@@H](OC(F)F)CN1C(=O)C(=O)Nc1cncc(C(N)=O)c1. The molecular formula is C21H24F2N4O4. The Morgan fingerprint density at radius 3 is 2.71 bits per heavy atom. The van der Waals surface area contributed by atoms with Crippen LogP contribution in [0.3, 0.4) is 0 Å². The van der Waals surface area contributed by atoms with Crippen molar-refractivity contribution < 1.29 is 27.9 Å². The van der Waals surface area contributed by atoms with E-state index >= 15 is 0 Å². The van der Waals surface area contributed by atoms with Crippen LogP contribution in [0.15, 0.2) is 54.9 Å². The molecule has 10 heteroatoms. The smallest absolute Gasteiger partial charge is 0.345 e. The first kappa shape index (κ1) is 23.9. The van der Waals surface area contributed by atoms with Crippen LogP contribution in [-0.4, -0.2) is 52.9 Å². The Morgan fingerprint density at radius 1 is 1.32 bits per heavy atom. The average Bonchev–Trinajstić information content (AvgIpc) is 2.73. The van der Waals surface area contributed by atoms with Crippen LogP contribution >= 0.6 is 0 Å². The lowest BCUT2D eigenvalue weighted by molar-refractivity contribution is -0.180. The maximum atomic E-state index is 12.9. The van der Waals surface area contributed by atoms with Crippen molar-refractivity contribution in [2.75, 3.05) is 11.9 Å². The molecule has 31 heavy (non-hydrogen) atoms. The van der Waals surface area contributed by atoms with E-state index in [1.54, 1.807) is 18.2 Å². The third-order valence-corrected chi connectivity index (χ3v) is 4.61. The highest BCUT2D eigenvalue weighted by Gasteiger charge is 2.36. The molecule has 2 heterocycles. The Hall–Kier alpha value is -3.40. The number of ether oxygens (including phenoxy) is 1. The van der Waals surface area contributed by atoms with Gasteiger partial charge in [0, 0.05) is 12.7 Å². The molecule has 0 aliphatic carbocycles. The Bertz CT molecular complexity index is 901. The summed E-state index contributed by atoms with van der Waals surface area (Å²) >= 11 is 0. The molecule has 3 N–H and O–H groups in total. The summed E-state index contributed by atoms with van der Waals surface area (Å²) < 4.78 is 29.9. The molecule has 0 saturated carbocycles. The fourth-order valence-electron chi connectivity index (χ4n) is 3.16. The lowest BCUT2D eigenvalue weighted by Crippen LogP contribution is -2.53. The molecule has 166 valence electrons. The number of aromatic nitrogens is 1. The first-order valence-corrected chi connectivity index (χ1v) is 9.51. The number of hydrogen-bond acceptors (Lipinski definition) is 5. The largest absolute Gasteiger partial charge is 0.366 e. The monoisotopic (exact) mass is 434 g/mol. The number of likely N-dealkylation sites (tertiary alicyclic amines) is 1. The highest BCUT2D eigenvalue weighted by Crippen LogP contribution is 2.26. The molecule has 8 nitrogen and oxygen atoms in total. The highest BCUT2D eigenvalue weighted by molar-refractivity contribution is 6.39. The molecule has 3 amide bonds. The standard InChI is InChI=1S/C21H24F2N4O4/c1-3-4-5-6-13(2)17-8-7-16(31-21(22)23)12-27(17)20(30)19(29)26-15-9-14(18(24)28)10-25-11-15/h3-6,9-11,16-17,21H,2,7-8,12H2,1H3,(H2,24,28)(H,26,29)/b4-3-,6-5-/t16-,17+/m1/s1. The highest BCUT2D eigenvalue weighted by atomic mass is 19.3. The fraction of sp³-hybridized carbons (Fsp3) is 0.333. The van der Waals surface area contributed by atoms with Gasteiger partial charge >= 0.3 is 18.4 Å². The number of nitrogens with zero attached hydrogens (tertiary/aromatic N) is 2. The molecule has 2 rings (SSSR count). The number of allylic oxidation sites excluding steroid dienone is 3. The Kier molecular flexibility index (Phi) is 8.56. The molecule has 1 aliphatic rings. The van der Waals surface area contributed by atoms with E-state index in [1.807, 2.05) is 13.0 Å². The summed E-state index contributed by atoms with van der Waals surface area (Å²) in [7, 11) is 0. The summed E-state index contributed by atoms with van der Waals surface area (Å²) in [5, 5.41) is 2.35. The summed E-state index contributed by atoms with van der Waals surface area (Å²) in [5.74, 6) is -2.71. The van der Waals surface area contributed by atoms with Gasteiger partial charge in [0.2, 0.25) is 5.91 Å². The van der Waals surface area contributed by atoms with E-state index in [2.05, 4.69) is 21.6 Å². The number of carbonyl (C=O) groups excluding carboxylic acids is 3. The summed E-state index contributed by atoms with van der Waals surface area (Å²) in [5.41, 5.74) is 5.87. The number of rotatable bonds is 7. The number of hydrogen-bond donors (Lipinski definition) is 2. The van der Waals surface area contributed by atoms with Crippen LogP contribution in [0.25, 0.3) is 0 Å². The third kappa shape index (κ3) is 6.82. The van der Waals surface area contributed by atoms with Crippen LogP contribution < -0.4 is 11.1 Å². The van der Waals surface area contributed by atoms with Gasteiger partial charge in [-0.05, 0) is 31.4 Å². The third-order valence-electron chi connectivity index (χ3n) is 4.61. The molecule has 0 aromatic carbocycles. The number of anilines is 1. The van der Waals surface area contributed by atoms with Gasteiger partial charge in [-0.25, -0.2) is 0 Å². The number of amides is 3. The molecule has 2 atom stereocenters. The average molecular weight is 434 g/mol. The van der Waals surface area contributed by atoms with Crippen LogP contribution in [0.5, 0.6) is 0 Å². The minimum absolute atomic E-state index is 0.0500. The Balaban J connectivity index is 2.20. The Labute approximate surface area is 178 Å². The summed E-state index contributed by atoms with van der Waals surface area (Å²) in [6, 6.07) is 0.711. The van der Waals surface area contributed by atoms with Gasteiger partial charge in [0.05, 0.1) is 29.6 Å². The summed E-state index contributed by atoms with van der Waals surface area (Å²) in [4.78, 5) is 41.7. The van der Waals surface area contributed by atoms with Gasteiger partial charge < -0.3 is 20.7 Å². The molecule has 1 saturated heterocycles. The van der Waals surface area contributed by atoms with E-state index in [-0.39, 0.29) is 24.2 Å².